The first-order valence-electron chi connectivity index (χ1n) is 4.33. The van der Waals surface area contributed by atoms with Crippen LogP contribution in [-0.2, 0) is 0 Å². The van der Waals surface area contributed by atoms with Gasteiger partial charge in [0.1, 0.15) is 17.4 Å². The van der Waals surface area contributed by atoms with Gasteiger partial charge in [-0.15, -0.1) is 0 Å². The summed E-state index contributed by atoms with van der Waals surface area (Å²) >= 11 is 0. The molecule has 0 saturated heterocycles. The Morgan fingerprint density at radius 3 is 2.93 bits per heavy atom. The van der Waals surface area contributed by atoms with E-state index in [0.29, 0.717) is 11.3 Å². The Kier molecular flexibility index (Phi) is 2.38. The third kappa shape index (κ3) is 1.97. The monoisotopic (exact) mass is 201 g/mol. The lowest BCUT2D eigenvalue weighted by molar-refractivity contribution is 0.368. The summed E-state index contributed by atoms with van der Waals surface area (Å²) in [5, 5.41) is 9.15. The lowest BCUT2D eigenvalue weighted by Crippen LogP contribution is -1.96. The summed E-state index contributed by atoms with van der Waals surface area (Å²) in [5.74, 6) is 0.512. The van der Waals surface area contributed by atoms with Crippen LogP contribution in [0.3, 0.4) is 0 Å². The molecule has 0 N–H and O–H groups in total. The lowest BCUT2D eigenvalue weighted by atomic mass is 10.2. The summed E-state index contributed by atoms with van der Waals surface area (Å²) in [6.45, 7) is -0.0252. The molecular weight excluding hydrogens is 194 g/mol. The molecule has 0 atom stereocenters. The number of fused-ring (bicyclic) bond motifs is 1. The number of rotatable bonds is 2. The highest BCUT2D eigenvalue weighted by Gasteiger charge is 1.99. The predicted octanol–water partition coefficient (Wildman–Crippen LogP) is 1.70. The molecule has 0 fully saturated rings. The highest BCUT2D eigenvalue weighted by molar-refractivity contribution is 5.77. The highest BCUT2D eigenvalue weighted by atomic mass is 16.5. The van der Waals surface area contributed by atoms with Crippen LogP contribution in [0.15, 0.2) is 39.5 Å². The van der Waals surface area contributed by atoms with E-state index >= 15 is 0 Å². The van der Waals surface area contributed by atoms with Crippen LogP contribution in [0.5, 0.6) is 5.75 Å². The van der Waals surface area contributed by atoms with E-state index in [1.54, 1.807) is 24.3 Å². The van der Waals surface area contributed by atoms with E-state index in [-0.39, 0.29) is 6.61 Å². The molecule has 4 nitrogen and oxygen atoms in total. The first-order valence-corrected chi connectivity index (χ1v) is 4.33. The molecule has 1 aromatic carbocycles. The van der Waals surface area contributed by atoms with Gasteiger partial charge in [0, 0.05) is 17.5 Å². The SMILES string of the molecule is N#CCOc1ccc2ccc(=O)oc2c1. The standard InChI is InChI=1S/C11H7NO3/c12-5-6-14-9-3-1-8-2-4-11(13)15-10(8)7-9/h1-4,7H,6H2. The molecule has 2 aromatic rings. The van der Waals surface area contributed by atoms with Gasteiger partial charge in [-0.1, -0.05) is 0 Å². The zero-order chi connectivity index (χ0) is 10.7. The molecule has 1 aromatic heterocycles. The van der Waals surface area contributed by atoms with E-state index < -0.39 is 5.63 Å². The molecule has 0 aliphatic heterocycles. The second-order valence-electron chi connectivity index (χ2n) is 2.90. The summed E-state index contributed by atoms with van der Waals surface area (Å²) in [5.41, 5.74) is 0.0536. The van der Waals surface area contributed by atoms with Gasteiger partial charge < -0.3 is 9.15 Å². The van der Waals surface area contributed by atoms with Crippen molar-refractivity contribution in [2.45, 2.75) is 0 Å². The Bertz CT molecular complexity index is 580. The van der Waals surface area contributed by atoms with E-state index in [1.165, 1.54) is 6.07 Å². The van der Waals surface area contributed by atoms with Crippen molar-refractivity contribution in [2.75, 3.05) is 6.61 Å². The van der Waals surface area contributed by atoms with Crippen LogP contribution in [0.1, 0.15) is 0 Å². The smallest absolute Gasteiger partial charge is 0.336 e. The van der Waals surface area contributed by atoms with Crippen LogP contribution in [0.4, 0.5) is 0 Å². The second-order valence-corrected chi connectivity index (χ2v) is 2.90. The van der Waals surface area contributed by atoms with Crippen molar-refractivity contribution in [3.05, 3.63) is 40.8 Å². The van der Waals surface area contributed by atoms with E-state index in [4.69, 9.17) is 14.4 Å². The van der Waals surface area contributed by atoms with Crippen molar-refractivity contribution in [1.82, 2.24) is 0 Å². The summed E-state index contributed by atoms with van der Waals surface area (Å²) < 4.78 is 10.0. The largest absolute Gasteiger partial charge is 0.479 e. The van der Waals surface area contributed by atoms with Crippen molar-refractivity contribution in [3.63, 3.8) is 0 Å². The van der Waals surface area contributed by atoms with Gasteiger partial charge in [0.25, 0.3) is 0 Å². The normalized spacial score (nSPS) is 9.80. The van der Waals surface area contributed by atoms with Crippen molar-refractivity contribution in [2.24, 2.45) is 0 Å². The zero-order valence-corrected chi connectivity index (χ0v) is 7.77. The average molecular weight is 201 g/mol. The van der Waals surface area contributed by atoms with Gasteiger partial charge >= 0.3 is 5.63 Å². The minimum Gasteiger partial charge on any atom is -0.479 e. The van der Waals surface area contributed by atoms with E-state index in [9.17, 15) is 4.79 Å². The minimum atomic E-state index is -0.403. The molecule has 0 radical (unpaired) electrons. The van der Waals surface area contributed by atoms with Crippen molar-refractivity contribution >= 4 is 11.0 Å². The average Bonchev–Trinajstić information content (AvgIpc) is 2.25. The van der Waals surface area contributed by atoms with E-state index in [2.05, 4.69) is 0 Å². The summed E-state index contributed by atoms with van der Waals surface area (Å²) in [4.78, 5) is 10.9. The quantitative estimate of drug-likeness (QED) is 0.693. The molecule has 2 rings (SSSR count). The number of ether oxygens (including phenoxy) is 1. The van der Waals surface area contributed by atoms with Crippen LogP contribution < -0.4 is 10.4 Å². The molecule has 0 saturated carbocycles. The Hall–Kier alpha value is -2.28. The Morgan fingerprint density at radius 2 is 2.13 bits per heavy atom. The fourth-order valence-corrected chi connectivity index (χ4v) is 1.25. The van der Waals surface area contributed by atoms with Gasteiger partial charge in [-0.2, -0.15) is 5.26 Å². The summed E-state index contributed by atoms with van der Waals surface area (Å²) in [6, 6.07) is 9.98. The number of hydrogen-bond donors (Lipinski definition) is 0. The molecule has 1 heterocycles. The Labute approximate surface area is 85.3 Å². The van der Waals surface area contributed by atoms with Crippen LogP contribution in [-0.4, -0.2) is 6.61 Å². The summed E-state index contributed by atoms with van der Waals surface area (Å²) in [6.07, 6.45) is 0. The number of nitriles is 1. The summed E-state index contributed by atoms with van der Waals surface area (Å²) in [7, 11) is 0. The first kappa shape index (κ1) is 9.28. The van der Waals surface area contributed by atoms with Crippen LogP contribution in [0.2, 0.25) is 0 Å². The molecule has 0 spiro atoms. The van der Waals surface area contributed by atoms with Crippen molar-refractivity contribution in [3.8, 4) is 11.8 Å². The Morgan fingerprint density at radius 1 is 1.33 bits per heavy atom. The van der Waals surface area contributed by atoms with Gasteiger partial charge in [0.2, 0.25) is 0 Å². The minimum absolute atomic E-state index is 0.0252. The van der Waals surface area contributed by atoms with Crippen LogP contribution >= 0.6 is 0 Å². The maximum atomic E-state index is 10.9. The maximum Gasteiger partial charge on any atom is 0.336 e. The third-order valence-corrected chi connectivity index (χ3v) is 1.90. The fraction of sp³-hybridized carbons (Fsp3) is 0.0909. The van der Waals surface area contributed by atoms with Crippen LogP contribution in [0, 0.1) is 11.3 Å². The molecule has 0 unspecified atom stereocenters. The Balaban J connectivity index is 2.46. The predicted molar refractivity (Wildman–Crippen MR) is 53.6 cm³/mol. The maximum absolute atomic E-state index is 10.9. The topological polar surface area (TPSA) is 63.2 Å². The number of benzene rings is 1. The van der Waals surface area contributed by atoms with Crippen LogP contribution in [0.25, 0.3) is 11.0 Å². The van der Waals surface area contributed by atoms with Gasteiger partial charge in [-0.25, -0.2) is 4.79 Å². The third-order valence-electron chi connectivity index (χ3n) is 1.90. The van der Waals surface area contributed by atoms with Gasteiger partial charge in [-0.05, 0) is 18.2 Å². The molecule has 0 aliphatic carbocycles. The van der Waals surface area contributed by atoms with Gasteiger partial charge in [-0.3, -0.25) is 0 Å². The molecule has 15 heavy (non-hydrogen) atoms. The van der Waals surface area contributed by atoms with E-state index in [1.807, 2.05) is 6.07 Å². The van der Waals surface area contributed by atoms with Gasteiger partial charge in [0.05, 0.1) is 0 Å². The van der Waals surface area contributed by atoms with Gasteiger partial charge in [0.15, 0.2) is 6.61 Å². The second kappa shape index (κ2) is 3.84. The fourth-order valence-electron chi connectivity index (χ4n) is 1.25. The highest BCUT2D eigenvalue weighted by Crippen LogP contribution is 2.19. The first-order chi connectivity index (χ1) is 7.29. The molecule has 0 aliphatic rings. The van der Waals surface area contributed by atoms with E-state index in [0.717, 1.165) is 5.39 Å². The molecular formula is C11H7NO3. The van der Waals surface area contributed by atoms with Crippen molar-refractivity contribution < 1.29 is 9.15 Å². The molecule has 0 amide bonds. The number of nitrogens with zero attached hydrogens (tertiary/aromatic N) is 1. The lowest BCUT2D eigenvalue weighted by Gasteiger charge is -2.01. The number of hydrogen-bond acceptors (Lipinski definition) is 4. The zero-order valence-electron chi connectivity index (χ0n) is 7.77. The molecule has 0 bridgehead atoms. The molecule has 4 heteroatoms. The van der Waals surface area contributed by atoms with Crippen molar-refractivity contribution in [1.29, 1.82) is 5.26 Å². The molecule has 74 valence electrons.